The highest BCUT2D eigenvalue weighted by Crippen LogP contribution is 2.10. The van der Waals surface area contributed by atoms with Crippen LogP contribution in [0.2, 0.25) is 0 Å². The molecular formula is C12H14N4O. The van der Waals surface area contributed by atoms with Crippen molar-refractivity contribution in [3.05, 3.63) is 41.0 Å². The van der Waals surface area contributed by atoms with E-state index in [0.717, 1.165) is 11.1 Å². The van der Waals surface area contributed by atoms with E-state index in [1.165, 1.54) is 0 Å². The standard InChI is InChI=1S/C12H14N4O/c1-8-4-9(2)12(13-6-8)11(17)5-10-7-16(3)15-14-10/h4,6-7H,5H2,1-3H3. The van der Waals surface area contributed by atoms with Crippen molar-refractivity contribution in [1.29, 1.82) is 0 Å². The molecule has 0 spiro atoms. The molecule has 0 amide bonds. The first-order chi connectivity index (χ1) is 8.06. The van der Waals surface area contributed by atoms with Gasteiger partial charge in [-0.3, -0.25) is 14.5 Å². The van der Waals surface area contributed by atoms with Gasteiger partial charge in [0.2, 0.25) is 0 Å². The van der Waals surface area contributed by atoms with Gasteiger partial charge >= 0.3 is 0 Å². The molecule has 0 unspecified atom stereocenters. The number of aryl methyl sites for hydroxylation is 3. The quantitative estimate of drug-likeness (QED) is 0.744. The average molecular weight is 230 g/mol. The van der Waals surface area contributed by atoms with Crippen LogP contribution in [-0.2, 0) is 13.5 Å². The number of ketones is 1. The predicted molar refractivity (Wildman–Crippen MR) is 62.7 cm³/mol. The summed E-state index contributed by atoms with van der Waals surface area (Å²) in [5, 5.41) is 7.69. The molecule has 0 bridgehead atoms. The summed E-state index contributed by atoms with van der Waals surface area (Å²) >= 11 is 0. The van der Waals surface area contributed by atoms with Gasteiger partial charge in [-0.15, -0.1) is 5.10 Å². The second-order valence-electron chi connectivity index (χ2n) is 4.16. The molecule has 0 aliphatic rings. The van der Waals surface area contributed by atoms with Gasteiger partial charge in [0, 0.05) is 19.4 Å². The van der Waals surface area contributed by atoms with Gasteiger partial charge < -0.3 is 0 Å². The minimum absolute atomic E-state index is 0.0250. The monoisotopic (exact) mass is 230 g/mol. The Bertz CT molecular complexity index is 559. The van der Waals surface area contributed by atoms with Gasteiger partial charge in [-0.05, 0) is 25.0 Å². The van der Waals surface area contributed by atoms with Crippen LogP contribution in [0.3, 0.4) is 0 Å². The van der Waals surface area contributed by atoms with Crippen molar-refractivity contribution < 1.29 is 4.79 Å². The van der Waals surface area contributed by atoms with E-state index in [1.54, 1.807) is 24.1 Å². The highest BCUT2D eigenvalue weighted by Gasteiger charge is 2.13. The molecule has 0 fully saturated rings. The van der Waals surface area contributed by atoms with E-state index in [0.29, 0.717) is 11.4 Å². The number of nitrogens with zero attached hydrogens (tertiary/aromatic N) is 4. The third-order valence-corrected chi connectivity index (χ3v) is 2.47. The first-order valence-corrected chi connectivity index (χ1v) is 5.38. The molecule has 0 aliphatic heterocycles. The van der Waals surface area contributed by atoms with E-state index in [1.807, 2.05) is 19.9 Å². The number of rotatable bonds is 3. The highest BCUT2D eigenvalue weighted by molar-refractivity contribution is 5.96. The number of pyridine rings is 1. The van der Waals surface area contributed by atoms with Crippen molar-refractivity contribution in [3.8, 4) is 0 Å². The molecule has 2 heterocycles. The lowest BCUT2D eigenvalue weighted by Gasteiger charge is -2.03. The first-order valence-electron chi connectivity index (χ1n) is 5.38. The Morgan fingerprint density at radius 1 is 1.41 bits per heavy atom. The normalized spacial score (nSPS) is 10.5. The summed E-state index contributed by atoms with van der Waals surface area (Å²) in [6.07, 6.45) is 3.68. The Labute approximate surface area is 99.5 Å². The van der Waals surface area contributed by atoms with Crippen LogP contribution in [-0.4, -0.2) is 25.8 Å². The maximum atomic E-state index is 12.0. The summed E-state index contributed by atoms with van der Waals surface area (Å²) in [4.78, 5) is 16.2. The number of aromatic nitrogens is 4. The van der Waals surface area contributed by atoms with Gasteiger partial charge in [-0.1, -0.05) is 11.3 Å². The van der Waals surface area contributed by atoms with Crippen molar-refractivity contribution >= 4 is 5.78 Å². The fourth-order valence-corrected chi connectivity index (χ4v) is 1.73. The van der Waals surface area contributed by atoms with Crippen LogP contribution in [0.1, 0.15) is 27.3 Å². The van der Waals surface area contributed by atoms with Crippen LogP contribution in [0.15, 0.2) is 18.5 Å². The Balaban J connectivity index is 2.20. The van der Waals surface area contributed by atoms with Crippen molar-refractivity contribution in [2.75, 3.05) is 0 Å². The van der Waals surface area contributed by atoms with E-state index in [2.05, 4.69) is 15.3 Å². The number of hydrogen-bond acceptors (Lipinski definition) is 4. The molecular weight excluding hydrogens is 216 g/mol. The van der Waals surface area contributed by atoms with Crippen LogP contribution in [0.25, 0.3) is 0 Å². The Morgan fingerprint density at radius 3 is 2.76 bits per heavy atom. The second-order valence-corrected chi connectivity index (χ2v) is 4.16. The Hall–Kier alpha value is -2.04. The predicted octanol–water partition coefficient (Wildman–Crippen LogP) is 1.25. The van der Waals surface area contributed by atoms with Crippen LogP contribution in [0.5, 0.6) is 0 Å². The molecule has 5 nitrogen and oxygen atoms in total. The highest BCUT2D eigenvalue weighted by atomic mass is 16.1. The van der Waals surface area contributed by atoms with E-state index >= 15 is 0 Å². The van der Waals surface area contributed by atoms with Gasteiger partial charge in [0.1, 0.15) is 5.69 Å². The number of carbonyl (C=O) groups is 1. The van der Waals surface area contributed by atoms with E-state index in [4.69, 9.17) is 0 Å². The topological polar surface area (TPSA) is 60.7 Å². The van der Waals surface area contributed by atoms with Crippen molar-refractivity contribution in [2.45, 2.75) is 20.3 Å². The summed E-state index contributed by atoms with van der Waals surface area (Å²) in [6.45, 7) is 3.85. The third-order valence-electron chi connectivity index (χ3n) is 2.47. The summed E-state index contributed by atoms with van der Waals surface area (Å²) < 4.78 is 1.58. The van der Waals surface area contributed by atoms with Crippen LogP contribution in [0.4, 0.5) is 0 Å². The Kier molecular flexibility index (Phi) is 2.99. The summed E-state index contributed by atoms with van der Waals surface area (Å²) in [5.41, 5.74) is 3.14. The fraction of sp³-hybridized carbons (Fsp3) is 0.333. The molecule has 0 saturated carbocycles. The molecule has 0 N–H and O–H groups in total. The second kappa shape index (κ2) is 4.45. The van der Waals surface area contributed by atoms with Crippen LogP contribution >= 0.6 is 0 Å². The SMILES string of the molecule is Cc1cnc(C(=O)Cc2cn(C)nn2)c(C)c1. The van der Waals surface area contributed by atoms with Crippen molar-refractivity contribution in [3.63, 3.8) is 0 Å². The lowest BCUT2D eigenvalue weighted by Crippen LogP contribution is -2.08. The van der Waals surface area contributed by atoms with Crippen LogP contribution in [0, 0.1) is 13.8 Å². The zero-order valence-corrected chi connectivity index (χ0v) is 10.1. The molecule has 88 valence electrons. The molecule has 0 atom stereocenters. The molecule has 0 saturated heterocycles. The van der Waals surface area contributed by atoms with Gasteiger partial charge in [0.25, 0.3) is 0 Å². The lowest BCUT2D eigenvalue weighted by molar-refractivity contribution is 0.0986. The zero-order valence-electron chi connectivity index (χ0n) is 10.1. The van der Waals surface area contributed by atoms with Gasteiger partial charge in [0.15, 0.2) is 5.78 Å². The van der Waals surface area contributed by atoms with E-state index in [-0.39, 0.29) is 12.2 Å². The summed E-state index contributed by atoms with van der Waals surface area (Å²) in [7, 11) is 1.77. The molecule has 17 heavy (non-hydrogen) atoms. The first kappa shape index (κ1) is 11.4. The van der Waals surface area contributed by atoms with Crippen LogP contribution < -0.4 is 0 Å². The van der Waals surface area contributed by atoms with Gasteiger partial charge in [-0.25, -0.2) is 0 Å². The number of hydrogen-bond donors (Lipinski definition) is 0. The molecule has 0 aliphatic carbocycles. The smallest absolute Gasteiger partial charge is 0.187 e. The zero-order chi connectivity index (χ0) is 12.4. The molecule has 2 rings (SSSR count). The number of Topliss-reactive ketones (excluding diaryl/α,β-unsaturated/α-hetero) is 1. The largest absolute Gasteiger partial charge is 0.292 e. The maximum Gasteiger partial charge on any atom is 0.187 e. The third kappa shape index (κ3) is 2.55. The fourth-order valence-electron chi connectivity index (χ4n) is 1.73. The minimum Gasteiger partial charge on any atom is -0.292 e. The van der Waals surface area contributed by atoms with E-state index < -0.39 is 0 Å². The van der Waals surface area contributed by atoms with Crippen molar-refractivity contribution in [2.24, 2.45) is 7.05 Å². The van der Waals surface area contributed by atoms with Gasteiger partial charge in [0.05, 0.1) is 12.1 Å². The molecule has 2 aromatic rings. The lowest BCUT2D eigenvalue weighted by atomic mass is 10.1. The summed E-state index contributed by atoms with van der Waals surface area (Å²) in [5.74, 6) is -0.0250. The molecule has 5 heteroatoms. The maximum absolute atomic E-state index is 12.0. The van der Waals surface area contributed by atoms with E-state index in [9.17, 15) is 4.79 Å². The van der Waals surface area contributed by atoms with Gasteiger partial charge in [-0.2, -0.15) is 0 Å². The summed E-state index contributed by atoms with van der Waals surface area (Å²) in [6, 6.07) is 1.96. The Morgan fingerprint density at radius 2 is 2.18 bits per heavy atom. The molecule has 0 aromatic carbocycles. The molecule has 2 aromatic heterocycles. The molecule has 0 radical (unpaired) electrons. The van der Waals surface area contributed by atoms with Crippen molar-refractivity contribution in [1.82, 2.24) is 20.0 Å². The average Bonchev–Trinajstić information content (AvgIpc) is 2.63. The number of carbonyl (C=O) groups excluding carboxylic acids is 1. The minimum atomic E-state index is -0.0250.